The maximum Gasteiger partial charge on any atom is 0.256 e. The molecule has 2 N–H and O–H groups in total. The third-order valence-electron chi connectivity index (χ3n) is 2.84. The van der Waals surface area contributed by atoms with Crippen molar-refractivity contribution in [3.63, 3.8) is 0 Å². The van der Waals surface area contributed by atoms with Gasteiger partial charge in [0.2, 0.25) is 10.0 Å². The lowest BCUT2D eigenvalue weighted by molar-refractivity contribution is 0.102. The number of sulfonamides is 1. The van der Waals surface area contributed by atoms with Crippen molar-refractivity contribution in [2.45, 2.75) is 4.90 Å². The Morgan fingerprint density at radius 3 is 2.55 bits per heavy atom. The predicted molar refractivity (Wildman–Crippen MR) is 84.7 cm³/mol. The van der Waals surface area contributed by atoms with E-state index in [1.807, 2.05) is 0 Å². The number of hydrogen-bond donors (Lipinski definition) is 2. The molecule has 5 nitrogen and oxygen atoms in total. The van der Waals surface area contributed by atoms with Gasteiger partial charge in [-0.05, 0) is 59.4 Å². The second-order valence-corrected chi connectivity index (χ2v) is 7.05. The summed E-state index contributed by atoms with van der Waals surface area (Å²) in [4.78, 5) is 12.2. The minimum atomic E-state index is -3.66. The Hall–Kier alpha value is -1.77. The van der Waals surface area contributed by atoms with Gasteiger partial charge < -0.3 is 5.32 Å². The van der Waals surface area contributed by atoms with Gasteiger partial charge in [-0.1, -0.05) is 6.07 Å². The highest BCUT2D eigenvalue weighted by molar-refractivity contribution is 9.10. The molecule has 0 unspecified atom stereocenters. The lowest BCUT2D eigenvalue weighted by Gasteiger charge is -2.09. The van der Waals surface area contributed by atoms with E-state index in [2.05, 4.69) is 26.0 Å². The van der Waals surface area contributed by atoms with Gasteiger partial charge in [0.1, 0.15) is 5.82 Å². The molecule has 0 aromatic heterocycles. The van der Waals surface area contributed by atoms with Gasteiger partial charge in [0.15, 0.2) is 0 Å². The summed E-state index contributed by atoms with van der Waals surface area (Å²) in [7, 11) is -2.38. The van der Waals surface area contributed by atoms with Crippen molar-refractivity contribution in [1.29, 1.82) is 0 Å². The van der Waals surface area contributed by atoms with Gasteiger partial charge in [-0.15, -0.1) is 0 Å². The van der Waals surface area contributed by atoms with Gasteiger partial charge in [-0.3, -0.25) is 4.79 Å². The number of hydrogen-bond acceptors (Lipinski definition) is 3. The molecule has 0 saturated heterocycles. The Kier molecular flexibility index (Phi) is 4.94. The van der Waals surface area contributed by atoms with E-state index in [-0.39, 0.29) is 16.1 Å². The Morgan fingerprint density at radius 2 is 1.91 bits per heavy atom. The van der Waals surface area contributed by atoms with Crippen molar-refractivity contribution >= 4 is 37.5 Å². The smallest absolute Gasteiger partial charge is 0.256 e. The zero-order valence-electron chi connectivity index (χ0n) is 11.4. The van der Waals surface area contributed by atoms with Crippen molar-refractivity contribution in [2.24, 2.45) is 0 Å². The minimum Gasteiger partial charge on any atom is -0.322 e. The van der Waals surface area contributed by atoms with Gasteiger partial charge >= 0.3 is 0 Å². The van der Waals surface area contributed by atoms with Crippen LogP contribution in [0.3, 0.4) is 0 Å². The van der Waals surface area contributed by atoms with E-state index in [9.17, 15) is 17.6 Å². The first-order valence-electron chi connectivity index (χ1n) is 6.13. The summed E-state index contributed by atoms with van der Waals surface area (Å²) >= 11 is 3.20. The normalized spacial score (nSPS) is 11.2. The zero-order chi connectivity index (χ0) is 16.3. The van der Waals surface area contributed by atoms with E-state index in [0.717, 1.165) is 0 Å². The van der Waals surface area contributed by atoms with Gasteiger partial charge in [0.05, 0.1) is 10.5 Å². The highest BCUT2D eigenvalue weighted by Crippen LogP contribution is 2.22. The molecular weight excluding hydrogens is 375 g/mol. The second kappa shape index (κ2) is 6.55. The van der Waals surface area contributed by atoms with Crippen LogP contribution in [0.25, 0.3) is 0 Å². The molecule has 0 spiro atoms. The van der Waals surface area contributed by atoms with Crippen molar-refractivity contribution in [1.82, 2.24) is 4.72 Å². The molecule has 0 saturated carbocycles. The Morgan fingerprint density at radius 1 is 1.18 bits per heavy atom. The number of amides is 1. The number of carbonyl (C=O) groups is 1. The first-order chi connectivity index (χ1) is 10.3. The number of benzene rings is 2. The highest BCUT2D eigenvalue weighted by Gasteiger charge is 2.17. The van der Waals surface area contributed by atoms with E-state index in [1.54, 1.807) is 0 Å². The van der Waals surface area contributed by atoms with Crippen LogP contribution in [0.4, 0.5) is 10.1 Å². The molecule has 0 radical (unpaired) electrons. The largest absolute Gasteiger partial charge is 0.322 e. The van der Waals surface area contributed by atoms with E-state index in [1.165, 1.54) is 49.5 Å². The third kappa shape index (κ3) is 3.70. The zero-order valence-corrected chi connectivity index (χ0v) is 13.8. The average Bonchev–Trinajstić information content (AvgIpc) is 2.47. The number of rotatable bonds is 4. The molecule has 1 amide bonds. The summed E-state index contributed by atoms with van der Waals surface area (Å²) in [6.07, 6.45) is 0. The van der Waals surface area contributed by atoms with Crippen LogP contribution in [0.15, 0.2) is 51.8 Å². The molecule has 0 heterocycles. The molecule has 2 aromatic rings. The molecule has 8 heteroatoms. The van der Waals surface area contributed by atoms with Crippen LogP contribution < -0.4 is 10.0 Å². The summed E-state index contributed by atoms with van der Waals surface area (Å²) in [6, 6.07) is 9.49. The predicted octanol–water partition coefficient (Wildman–Crippen LogP) is 2.75. The number of nitrogens with one attached hydrogen (secondary N) is 2. The number of anilines is 1. The van der Waals surface area contributed by atoms with Gasteiger partial charge in [0.25, 0.3) is 5.91 Å². The quantitative estimate of drug-likeness (QED) is 0.847. The summed E-state index contributed by atoms with van der Waals surface area (Å²) in [5.41, 5.74) is 0.402. The summed E-state index contributed by atoms with van der Waals surface area (Å²) < 4.78 is 39.3. The molecule has 0 aliphatic rings. The van der Waals surface area contributed by atoms with Crippen LogP contribution in [0.1, 0.15) is 10.4 Å². The molecule has 116 valence electrons. The van der Waals surface area contributed by atoms with E-state index < -0.39 is 21.7 Å². The van der Waals surface area contributed by atoms with Crippen molar-refractivity contribution < 1.29 is 17.6 Å². The third-order valence-corrected chi connectivity index (χ3v) is 4.95. The van der Waals surface area contributed by atoms with Crippen LogP contribution in [0.2, 0.25) is 0 Å². The molecular formula is C14H12BrFN2O3S. The Labute approximate surface area is 135 Å². The Balaban J connectivity index is 2.35. The van der Waals surface area contributed by atoms with Crippen molar-refractivity contribution in [3.05, 3.63) is 58.3 Å². The lowest BCUT2D eigenvalue weighted by Crippen LogP contribution is -2.20. The second-order valence-electron chi connectivity index (χ2n) is 4.31. The fourth-order valence-corrected chi connectivity index (χ4v) is 2.91. The molecule has 0 bridgehead atoms. The minimum absolute atomic E-state index is 0.0393. The van der Waals surface area contributed by atoms with Gasteiger partial charge in [0, 0.05) is 10.2 Å². The molecule has 0 aliphatic heterocycles. The SMILES string of the molecule is CNS(=O)(=O)c1ccc(Br)c(C(=O)Nc2cccc(F)c2)c1. The standard InChI is InChI=1S/C14H12BrFN2O3S/c1-17-22(20,21)11-5-6-13(15)12(8-11)14(19)18-10-4-2-3-9(16)7-10/h2-8,17H,1H3,(H,18,19). The molecule has 0 atom stereocenters. The lowest BCUT2D eigenvalue weighted by atomic mass is 10.2. The molecule has 0 fully saturated rings. The van der Waals surface area contributed by atoms with E-state index in [0.29, 0.717) is 4.47 Å². The van der Waals surface area contributed by atoms with E-state index >= 15 is 0 Å². The van der Waals surface area contributed by atoms with Crippen LogP contribution in [0, 0.1) is 5.82 Å². The van der Waals surface area contributed by atoms with Crippen molar-refractivity contribution in [2.75, 3.05) is 12.4 Å². The number of carbonyl (C=O) groups excluding carboxylic acids is 1. The molecule has 0 aliphatic carbocycles. The maximum atomic E-state index is 13.1. The molecule has 2 aromatic carbocycles. The molecule has 22 heavy (non-hydrogen) atoms. The van der Waals surface area contributed by atoms with Gasteiger partial charge in [-0.25, -0.2) is 17.5 Å². The fraction of sp³-hybridized carbons (Fsp3) is 0.0714. The Bertz CT molecular complexity index is 825. The maximum absolute atomic E-state index is 13.1. The van der Waals surface area contributed by atoms with Crippen LogP contribution >= 0.6 is 15.9 Å². The van der Waals surface area contributed by atoms with Crippen LogP contribution in [-0.4, -0.2) is 21.4 Å². The highest BCUT2D eigenvalue weighted by atomic mass is 79.9. The summed E-state index contributed by atoms with van der Waals surface area (Å²) in [5.74, 6) is -1.03. The fourth-order valence-electron chi connectivity index (χ4n) is 1.73. The van der Waals surface area contributed by atoms with Crippen LogP contribution in [0.5, 0.6) is 0 Å². The van der Waals surface area contributed by atoms with E-state index in [4.69, 9.17) is 0 Å². The summed E-state index contributed by atoms with van der Waals surface area (Å²) in [5, 5.41) is 2.51. The number of halogens is 2. The molecule has 2 rings (SSSR count). The first-order valence-corrected chi connectivity index (χ1v) is 8.41. The summed E-state index contributed by atoms with van der Waals surface area (Å²) in [6.45, 7) is 0. The first kappa shape index (κ1) is 16.6. The van der Waals surface area contributed by atoms with Gasteiger partial charge in [-0.2, -0.15) is 0 Å². The topological polar surface area (TPSA) is 75.3 Å². The van der Waals surface area contributed by atoms with Crippen molar-refractivity contribution in [3.8, 4) is 0 Å². The average molecular weight is 387 g/mol. The van der Waals surface area contributed by atoms with Crippen LogP contribution in [-0.2, 0) is 10.0 Å². The monoisotopic (exact) mass is 386 g/mol.